The third-order valence-electron chi connectivity index (χ3n) is 3.66. The number of benzene rings is 2. The molecule has 2 atom stereocenters. The smallest absolute Gasteiger partial charge is 0.236 e. The van der Waals surface area contributed by atoms with E-state index in [4.69, 9.17) is 11.6 Å². The van der Waals surface area contributed by atoms with Crippen LogP contribution in [0.2, 0.25) is 0 Å². The Balaban J connectivity index is 2.07. The minimum atomic E-state index is -0.580. The van der Waals surface area contributed by atoms with Crippen molar-refractivity contribution in [3.63, 3.8) is 0 Å². The third kappa shape index (κ3) is 2.45. The van der Waals surface area contributed by atoms with E-state index in [-0.39, 0.29) is 17.6 Å². The average Bonchev–Trinajstić information content (AvgIpc) is 2.82. The monoisotopic (exact) mass is 299 g/mol. The first kappa shape index (κ1) is 13.8. The predicted octanol–water partition coefficient (Wildman–Crippen LogP) is 3.58. The summed E-state index contributed by atoms with van der Waals surface area (Å²) in [5.74, 6) is -0.579. The van der Waals surface area contributed by atoms with E-state index in [1.54, 1.807) is 25.1 Å². The van der Waals surface area contributed by atoms with Gasteiger partial charge in [0.25, 0.3) is 0 Å². The van der Waals surface area contributed by atoms with Gasteiger partial charge in [0.1, 0.15) is 0 Å². The molecule has 4 heteroatoms. The lowest BCUT2D eigenvalue weighted by Gasteiger charge is -2.10. The second kappa shape index (κ2) is 5.34. The second-order valence-electron chi connectivity index (χ2n) is 5.12. The van der Waals surface area contributed by atoms with Gasteiger partial charge < -0.3 is 5.32 Å². The van der Waals surface area contributed by atoms with Gasteiger partial charge in [-0.3, -0.25) is 9.59 Å². The number of ketones is 1. The average molecular weight is 300 g/mol. The molecule has 0 fully saturated rings. The Bertz CT molecular complexity index is 710. The van der Waals surface area contributed by atoms with Crippen LogP contribution in [0.4, 0.5) is 5.69 Å². The molecule has 0 spiro atoms. The number of carbonyl (C=O) groups excluding carboxylic acids is 2. The van der Waals surface area contributed by atoms with Gasteiger partial charge in [0.15, 0.2) is 5.78 Å². The molecule has 1 aliphatic heterocycles. The number of halogens is 1. The number of hydrogen-bond donors (Lipinski definition) is 1. The highest BCUT2D eigenvalue weighted by Gasteiger charge is 2.32. The van der Waals surface area contributed by atoms with E-state index in [0.717, 1.165) is 16.8 Å². The number of rotatable bonds is 3. The quantitative estimate of drug-likeness (QED) is 0.695. The van der Waals surface area contributed by atoms with Crippen LogP contribution in [-0.2, 0) is 4.79 Å². The van der Waals surface area contributed by atoms with Crippen molar-refractivity contribution in [1.82, 2.24) is 0 Å². The van der Waals surface area contributed by atoms with E-state index in [1.165, 1.54) is 0 Å². The van der Waals surface area contributed by atoms with E-state index < -0.39 is 5.38 Å². The lowest BCUT2D eigenvalue weighted by molar-refractivity contribution is -0.116. The molecule has 3 rings (SSSR count). The minimum absolute atomic E-state index is 0.0697. The maximum absolute atomic E-state index is 12.2. The Labute approximate surface area is 127 Å². The molecule has 0 aliphatic carbocycles. The highest BCUT2D eigenvalue weighted by Crippen LogP contribution is 2.37. The van der Waals surface area contributed by atoms with Gasteiger partial charge in [0, 0.05) is 11.3 Å². The van der Waals surface area contributed by atoms with E-state index in [0.29, 0.717) is 5.56 Å². The molecule has 1 aliphatic rings. The molecule has 106 valence electrons. The molecule has 1 N–H and O–H groups in total. The van der Waals surface area contributed by atoms with Gasteiger partial charge in [-0.15, -0.1) is 11.6 Å². The zero-order valence-corrected chi connectivity index (χ0v) is 12.2. The number of hydrogen-bond acceptors (Lipinski definition) is 2. The molecule has 0 aromatic heterocycles. The number of alkyl halides is 1. The van der Waals surface area contributed by atoms with Crippen molar-refractivity contribution in [2.75, 3.05) is 5.32 Å². The summed E-state index contributed by atoms with van der Waals surface area (Å²) in [7, 11) is 0. The van der Waals surface area contributed by atoms with E-state index in [2.05, 4.69) is 5.32 Å². The van der Waals surface area contributed by atoms with Gasteiger partial charge in [-0.05, 0) is 36.2 Å². The molecule has 0 saturated carbocycles. The zero-order valence-electron chi connectivity index (χ0n) is 11.5. The van der Waals surface area contributed by atoms with Crippen LogP contribution < -0.4 is 5.32 Å². The number of carbonyl (C=O) groups is 2. The lowest BCUT2D eigenvalue weighted by atomic mass is 9.91. The summed E-state index contributed by atoms with van der Waals surface area (Å²) >= 11 is 5.86. The number of nitrogens with one attached hydrogen (secondary N) is 1. The first-order valence-electron chi connectivity index (χ1n) is 6.76. The largest absolute Gasteiger partial charge is 0.325 e. The van der Waals surface area contributed by atoms with Crippen molar-refractivity contribution in [3.05, 3.63) is 65.2 Å². The molecule has 2 aromatic rings. The van der Waals surface area contributed by atoms with Gasteiger partial charge in [0.2, 0.25) is 5.91 Å². The first-order valence-corrected chi connectivity index (χ1v) is 7.19. The molecule has 3 nitrogen and oxygen atoms in total. The number of fused-ring (bicyclic) bond motifs is 1. The summed E-state index contributed by atoms with van der Waals surface area (Å²) in [6, 6.07) is 14.8. The molecule has 0 saturated heterocycles. The molecule has 0 radical (unpaired) electrons. The van der Waals surface area contributed by atoms with Crippen molar-refractivity contribution in [2.24, 2.45) is 0 Å². The first-order chi connectivity index (χ1) is 10.1. The summed E-state index contributed by atoms with van der Waals surface area (Å²) < 4.78 is 0. The second-order valence-corrected chi connectivity index (χ2v) is 5.77. The normalized spacial score (nSPS) is 18.0. The Morgan fingerprint density at radius 1 is 1.19 bits per heavy atom. The third-order valence-corrected chi connectivity index (χ3v) is 3.86. The summed E-state index contributed by atoms with van der Waals surface area (Å²) in [4.78, 5) is 24.3. The standard InChI is InChI=1S/C17H14ClNO2/c1-10(18)16(20)12-7-8-14-13(9-12)15(17(21)19-14)11-5-3-2-4-6-11/h2-10,15H,1H3,(H,19,21). The number of anilines is 1. The van der Waals surface area contributed by atoms with Gasteiger partial charge in [-0.1, -0.05) is 30.3 Å². The molecule has 1 amide bonds. The molecule has 2 unspecified atom stereocenters. The van der Waals surface area contributed by atoms with Crippen LogP contribution in [0.1, 0.15) is 34.3 Å². The van der Waals surface area contributed by atoms with Crippen LogP contribution in [0, 0.1) is 0 Å². The van der Waals surface area contributed by atoms with E-state index in [1.807, 2.05) is 30.3 Å². The van der Waals surface area contributed by atoms with E-state index >= 15 is 0 Å². The fourth-order valence-corrected chi connectivity index (χ4v) is 2.75. The van der Waals surface area contributed by atoms with Gasteiger partial charge >= 0.3 is 0 Å². The zero-order chi connectivity index (χ0) is 15.0. The van der Waals surface area contributed by atoms with Crippen molar-refractivity contribution >= 4 is 29.0 Å². The number of Topliss-reactive ketones (excluding diaryl/α,β-unsaturated/α-hetero) is 1. The van der Waals surface area contributed by atoms with Crippen LogP contribution in [0.5, 0.6) is 0 Å². The summed E-state index contributed by atoms with van der Waals surface area (Å²) in [5.41, 5.74) is 3.04. The SMILES string of the molecule is CC(Cl)C(=O)c1ccc2c(c1)C(c1ccccc1)C(=O)N2. The summed E-state index contributed by atoms with van der Waals surface area (Å²) in [6.07, 6.45) is 0. The number of amides is 1. The fourth-order valence-electron chi connectivity index (χ4n) is 2.62. The molecule has 21 heavy (non-hydrogen) atoms. The highest BCUT2D eigenvalue weighted by atomic mass is 35.5. The Hall–Kier alpha value is -2.13. The molecular weight excluding hydrogens is 286 g/mol. The Morgan fingerprint density at radius 3 is 2.57 bits per heavy atom. The molecular formula is C17H14ClNO2. The van der Waals surface area contributed by atoms with E-state index in [9.17, 15) is 9.59 Å². The van der Waals surface area contributed by atoms with Crippen molar-refractivity contribution < 1.29 is 9.59 Å². The van der Waals surface area contributed by atoms with Crippen LogP contribution in [-0.4, -0.2) is 17.1 Å². The summed E-state index contributed by atoms with van der Waals surface area (Å²) in [5, 5.41) is 2.28. The fraction of sp³-hybridized carbons (Fsp3) is 0.176. The predicted molar refractivity (Wildman–Crippen MR) is 83.0 cm³/mol. The van der Waals surface area contributed by atoms with Crippen LogP contribution >= 0.6 is 11.6 Å². The lowest BCUT2D eigenvalue weighted by Crippen LogP contribution is -2.13. The van der Waals surface area contributed by atoms with Crippen LogP contribution in [0.25, 0.3) is 0 Å². The maximum Gasteiger partial charge on any atom is 0.236 e. The topological polar surface area (TPSA) is 46.2 Å². The maximum atomic E-state index is 12.2. The molecule has 0 bridgehead atoms. The molecule has 2 aromatic carbocycles. The van der Waals surface area contributed by atoms with Crippen molar-refractivity contribution in [1.29, 1.82) is 0 Å². The highest BCUT2D eigenvalue weighted by molar-refractivity contribution is 6.33. The van der Waals surface area contributed by atoms with Crippen LogP contribution in [0.3, 0.4) is 0 Å². The minimum Gasteiger partial charge on any atom is -0.325 e. The van der Waals surface area contributed by atoms with Gasteiger partial charge in [-0.2, -0.15) is 0 Å². The molecule has 1 heterocycles. The van der Waals surface area contributed by atoms with Crippen LogP contribution in [0.15, 0.2) is 48.5 Å². The Morgan fingerprint density at radius 2 is 1.90 bits per heavy atom. The van der Waals surface area contributed by atoms with Crippen molar-refractivity contribution in [3.8, 4) is 0 Å². The Kier molecular flexibility index (Phi) is 3.52. The van der Waals surface area contributed by atoms with Gasteiger partial charge in [-0.25, -0.2) is 0 Å². The summed E-state index contributed by atoms with van der Waals surface area (Å²) in [6.45, 7) is 1.65. The van der Waals surface area contributed by atoms with Crippen molar-refractivity contribution in [2.45, 2.75) is 18.2 Å². The van der Waals surface area contributed by atoms with Gasteiger partial charge in [0.05, 0.1) is 11.3 Å².